The van der Waals surface area contributed by atoms with E-state index in [1.807, 2.05) is 4.72 Å². The molecule has 2 aromatic heterocycles. The van der Waals surface area contributed by atoms with Gasteiger partial charge < -0.3 is 25.5 Å². The molecular formula is C34H31Cl5F6N6O9S2. The van der Waals surface area contributed by atoms with Crippen LogP contribution in [0.4, 0.5) is 37.7 Å². The number of carboxylic acids is 1. The second kappa shape index (κ2) is 21.2. The number of anilines is 2. The molecule has 0 spiro atoms. The number of nitrogens with one attached hydrogen (secondary N) is 3. The highest BCUT2D eigenvalue weighted by molar-refractivity contribution is 7.93. The first-order valence-corrected chi connectivity index (χ1v) is 21.4. The van der Waals surface area contributed by atoms with Gasteiger partial charge in [-0.2, -0.15) is 26.3 Å². The molecule has 2 atom stereocenters. The van der Waals surface area contributed by atoms with Crippen molar-refractivity contribution in [3.8, 4) is 0 Å². The maximum absolute atomic E-state index is 13.1. The molecule has 2 aromatic carbocycles. The average molecular weight is 1020 g/mol. The maximum Gasteiger partial charge on any atom is 0.417 e. The fourth-order valence-corrected chi connectivity index (χ4v) is 8.21. The largest absolute Gasteiger partial charge is 0.476 e. The van der Waals surface area contributed by atoms with Crippen molar-refractivity contribution in [2.75, 3.05) is 35.6 Å². The average Bonchev–Trinajstić information content (AvgIpc) is 3.81. The molecule has 1 amide bonds. The summed E-state index contributed by atoms with van der Waals surface area (Å²) in [4.78, 5) is 30.9. The second-order valence-corrected chi connectivity index (χ2v) is 17.8. The number of hydrogen-bond acceptors (Lipinski definition) is 11. The number of carbonyl (C=O) groups excluding carboxylic acids is 1. The minimum Gasteiger partial charge on any atom is -0.476 e. The quantitative estimate of drug-likeness (QED) is 0.0974. The number of aliphatic hydroxyl groups excluding tert-OH is 2. The van der Waals surface area contributed by atoms with Crippen LogP contribution in [-0.2, 0) is 32.4 Å². The van der Waals surface area contributed by atoms with Gasteiger partial charge in [0.2, 0.25) is 0 Å². The third kappa shape index (κ3) is 14.0. The van der Waals surface area contributed by atoms with Gasteiger partial charge >= 0.3 is 18.3 Å². The van der Waals surface area contributed by atoms with E-state index in [0.717, 1.165) is 68.3 Å². The summed E-state index contributed by atoms with van der Waals surface area (Å²) in [5, 5.41) is 28.9. The Balaban J connectivity index is 0.000000290. The molecule has 2 unspecified atom stereocenters. The molecule has 4 aromatic rings. The van der Waals surface area contributed by atoms with E-state index in [0.29, 0.717) is 18.6 Å². The van der Waals surface area contributed by atoms with E-state index >= 15 is 0 Å². The Morgan fingerprint density at radius 2 is 1.18 bits per heavy atom. The Morgan fingerprint density at radius 3 is 1.53 bits per heavy atom. The molecule has 6 N–H and O–H groups in total. The molecule has 2 aliphatic heterocycles. The molecule has 6 rings (SSSR count). The van der Waals surface area contributed by atoms with Gasteiger partial charge in [-0.3, -0.25) is 14.2 Å². The fraction of sp³-hybridized carbons (Fsp3) is 0.294. The third-order valence-corrected chi connectivity index (χ3v) is 12.0. The Hall–Kier alpha value is -3.91. The van der Waals surface area contributed by atoms with Crippen LogP contribution in [0, 0.1) is 0 Å². The van der Waals surface area contributed by atoms with Crippen LogP contribution in [0.5, 0.6) is 0 Å². The first-order valence-electron chi connectivity index (χ1n) is 16.9. The number of likely N-dealkylation sites (tertiary alicyclic amines) is 1. The lowest BCUT2D eigenvalue weighted by Gasteiger charge is -2.18. The lowest BCUT2D eigenvalue weighted by Crippen LogP contribution is -2.31. The number of β-amino-alcohol motifs (C(OH)–C–C–N with tert-alkyl or cyclic N) is 2. The smallest absolute Gasteiger partial charge is 0.417 e. The van der Waals surface area contributed by atoms with Gasteiger partial charge in [-0.15, -0.1) is 12.4 Å². The number of carbonyl (C=O) groups is 2. The monoisotopic (exact) mass is 1020 g/mol. The number of hydrogen-bond donors (Lipinski definition) is 6. The minimum atomic E-state index is -4.87. The van der Waals surface area contributed by atoms with Crippen LogP contribution in [0.15, 0.2) is 70.7 Å². The number of amides is 1. The number of pyridine rings is 2. The Morgan fingerprint density at radius 1 is 0.726 bits per heavy atom. The van der Waals surface area contributed by atoms with Gasteiger partial charge in [0.25, 0.3) is 26.0 Å². The summed E-state index contributed by atoms with van der Waals surface area (Å²) in [5.41, 5.74) is -4.45. The van der Waals surface area contributed by atoms with Gasteiger partial charge in [-0.1, -0.05) is 46.4 Å². The molecule has 2 aliphatic rings. The van der Waals surface area contributed by atoms with Crippen molar-refractivity contribution in [1.82, 2.24) is 20.2 Å². The predicted octanol–water partition coefficient (Wildman–Crippen LogP) is 7.08. The summed E-state index contributed by atoms with van der Waals surface area (Å²) in [6.45, 7) is 2.06. The van der Waals surface area contributed by atoms with Gasteiger partial charge in [0, 0.05) is 32.0 Å². The maximum atomic E-state index is 13.1. The van der Waals surface area contributed by atoms with Crippen molar-refractivity contribution < 1.29 is 68.1 Å². The van der Waals surface area contributed by atoms with Gasteiger partial charge in [-0.25, -0.2) is 31.6 Å². The summed E-state index contributed by atoms with van der Waals surface area (Å²) in [7, 11) is -9.10. The lowest BCUT2D eigenvalue weighted by molar-refractivity contribution is -0.138. The molecule has 0 aliphatic carbocycles. The van der Waals surface area contributed by atoms with E-state index < -0.39 is 92.7 Å². The van der Waals surface area contributed by atoms with E-state index in [9.17, 15) is 57.9 Å². The first-order chi connectivity index (χ1) is 28.2. The summed E-state index contributed by atoms with van der Waals surface area (Å²) < 4.78 is 132. The zero-order valence-electron chi connectivity index (χ0n) is 30.8. The molecule has 0 bridgehead atoms. The Bertz CT molecular complexity index is 2500. The zero-order valence-corrected chi connectivity index (χ0v) is 36.3. The number of benzene rings is 2. The van der Waals surface area contributed by atoms with Crippen molar-refractivity contribution in [2.24, 2.45) is 0 Å². The van der Waals surface area contributed by atoms with Crippen molar-refractivity contribution in [3.05, 3.63) is 104 Å². The van der Waals surface area contributed by atoms with Crippen LogP contribution in [0.1, 0.15) is 44.9 Å². The fourth-order valence-electron chi connectivity index (χ4n) is 5.28. The molecule has 340 valence electrons. The molecule has 28 heteroatoms. The Kier molecular flexibility index (Phi) is 17.9. The SMILES string of the molecule is Cl.O=C(O)c1ncc(Cl)cc1NS(=O)(=O)c1ccc(Cl)c(C(F)(F)F)c1.O=C(c1ncc(Cl)cc1NS(=O)(=O)c1ccc(Cl)c(C(F)(F)F)c1)N1CCC(O)C1.OC1CCNC1. The van der Waals surface area contributed by atoms with Gasteiger partial charge in [-0.05, 0) is 67.9 Å². The van der Waals surface area contributed by atoms with Crippen molar-refractivity contribution in [2.45, 2.75) is 47.2 Å². The highest BCUT2D eigenvalue weighted by Crippen LogP contribution is 2.38. The first kappa shape index (κ1) is 52.4. The van der Waals surface area contributed by atoms with Crippen LogP contribution in [0.3, 0.4) is 0 Å². The van der Waals surface area contributed by atoms with E-state index in [1.54, 1.807) is 0 Å². The molecule has 15 nitrogen and oxygen atoms in total. The summed E-state index contributed by atoms with van der Waals surface area (Å²) in [6, 6.07) is 6.14. The summed E-state index contributed by atoms with van der Waals surface area (Å²) >= 11 is 22.5. The number of alkyl halides is 6. The standard InChI is InChI=1S/C17H14Cl2F3N3O4S.C13H7Cl2F3N2O4S.C4H9NO.ClH/c18-9-5-14(15(23-7-9)16(27)25-4-3-10(26)8-25)24-30(28,29)11-1-2-13(19)12(6-11)17(20,21)22;14-6-3-10(11(12(21)22)19-5-6)20-25(23,24)7-1-2-9(15)8(4-7)13(16,17)18;6-4-1-2-5-3-4;/h1-2,5-7,10,24,26H,3-4,8H2;1-5,20H,(H,21,22);4-6H,1-3H2;1H. The van der Waals surface area contributed by atoms with Gasteiger partial charge in [0.05, 0.1) is 64.6 Å². The number of rotatable bonds is 8. The number of carboxylic acid groups (broad SMARTS) is 1. The highest BCUT2D eigenvalue weighted by Gasteiger charge is 2.36. The zero-order chi connectivity index (χ0) is 45.7. The van der Waals surface area contributed by atoms with Crippen molar-refractivity contribution in [3.63, 3.8) is 0 Å². The predicted molar refractivity (Wildman–Crippen MR) is 217 cm³/mol. The number of nitrogens with zero attached hydrogens (tertiary/aromatic N) is 3. The van der Waals surface area contributed by atoms with Gasteiger partial charge in [0.1, 0.15) is 0 Å². The summed E-state index contributed by atoms with van der Waals surface area (Å²) in [5.74, 6) is -2.21. The number of aliphatic hydroxyl groups is 2. The molecule has 2 saturated heterocycles. The normalized spacial score (nSPS) is 16.5. The van der Waals surface area contributed by atoms with Gasteiger partial charge in [0.15, 0.2) is 11.4 Å². The third-order valence-electron chi connectivity index (χ3n) is 8.19. The van der Waals surface area contributed by atoms with Crippen LogP contribution in [0.25, 0.3) is 0 Å². The molecule has 0 radical (unpaired) electrons. The second-order valence-electron chi connectivity index (χ2n) is 12.7. The van der Waals surface area contributed by atoms with Crippen LogP contribution in [-0.4, -0.2) is 97.3 Å². The van der Waals surface area contributed by atoms with Crippen LogP contribution >= 0.6 is 58.8 Å². The number of aromatic carboxylic acids is 1. The number of halogens is 11. The van der Waals surface area contributed by atoms with E-state index in [1.165, 1.54) is 4.90 Å². The molecule has 2 fully saturated rings. The van der Waals surface area contributed by atoms with Crippen molar-refractivity contribution >= 4 is 102 Å². The lowest BCUT2D eigenvalue weighted by atomic mass is 10.2. The minimum absolute atomic E-state index is 0. The molecule has 0 saturated carbocycles. The van der Waals surface area contributed by atoms with Crippen molar-refractivity contribution in [1.29, 1.82) is 0 Å². The number of sulfonamides is 2. The van der Waals surface area contributed by atoms with E-state index in [-0.39, 0.29) is 53.0 Å². The highest BCUT2D eigenvalue weighted by atomic mass is 35.5. The molecular weight excluding hydrogens is 992 g/mol. The molecule has 4 heterocycles. The number of aromatic nitrogens is 2. The van der Waals surface area contributed by atoms with E-state index in [4.69, 9.17) is 56.6 Å². The van der Waals surface area contributed by atoms with Crippen LogP contribution in [0.2, 0.25) is 20.1 Å². The van der Waals surface area contributed by atoms with E-state index in [2.05, 4.69) is 20.0 Å². The Labute approximate surface area is 374 Å². The molecule has 62 heavy (non-hydrogen) atoms. The summed E-state index contributed by atoms with van der Waals surface area (Å²) in [6.07, 6.45) is -7.12. The topological polar surface area (TPSA) is 228 Å². The van der Waals surface area contributed by atoms with Crippen LogP contribution < -0.4 is 14.8 Å².